The van der Waals surface area contributed by atoms with Crippen LogP contribution in [0.15, 0.2) is 53.9 Å². The van der Waals surface area contributed by atoms with Crippen LogP contribution in [0.2, 0.25) is 0 Å². The zero-order valence-electron chi connectivity index (χ0n) is 13.3. The van der Waals surface area contributed by atoms with Gasteiger partial charge < -0.3 is 10.4 Å². The molecule has 0 unspecified atom stereocenters. The summed E-state index contributed by atoms with van der Waals surface area (Å²) in [5, 5.41) is 23.6. The van der Waals surface area contributed by atoms with Gasteiger partial charge in [0.05, 0.1) is 23.5 Å². The van der Waals surface area contributed by atoms with Crippen LogP contribution in [0.3, 0.4) is 0 Å². The summed E-state index contributed by atoms with van der Waals surface area (Å²) < 4.78 is 0. The van der Waals surface area contributed by atoms with Crippen LogP contribution in [0.5, 0.6) is 0 Å². The average Bonchev–Trinajstić information content (AvgIpc) is 3.28. The number of nitrogens with zero attached hydrogens (tertiary/aromatic N) is 2. The second-order valence-electron chi connectivity index (χ2n) is 5.50. The Kier molecular flexibility index (Phi) is 4.28. The Labute approximate surface area is 148 Å². The van der Waals surface area contributed by atoms with E-state index in [1.54, 1.807) is 0 Å². The molecule has 0 radical (unpaired) electrons. The van der Waals surface area contributed by atoms with Crippen LogP contribution in [0.4, 0.5) is 10.8 Å². The largest absolute Gasteiger partial charge is 0.390 e. The molecule has 0 saturated carbocycles. The standard InChI is InChI=1S/C19H16N4OS/c24-11-14-12-25-19(20-14)21-16-7-3-1-5-13(16)9-10-18-15-6-2-4-8-17(15)22-23-18/h1-10,12,24H,11H2,(H,20,21)(H,22,23)/b10-9+. The van der Waals surface area contributed by atoms with Gasteiger partial charge in [0, 0.05) is 16.5 Å². The normalized spacial score (nSPS) is 11.4. The molecule has 0 amide bonds. The number of benzene rings is 2. The van der Waals surface area contributed by atoms with E-state index in [1.807, 2.05) is 60.0 Å². The molecule has 2 heterocycles. The van der Waals surface area contributed by atoms with E-state index >= 15 is 0 Å². The number of para-hydroxylation sites is 2. The minimum absolute atomic E-state index is 0.0496. The van der Waals surface area contributed by atoms with Gasteiger partial charge in [-0.15, -0.1) is 11.3 Å². The second kappa shape index (κ2) is 6.88. The predicted molar refractivity (Wildman–Crippen MR) is 103 cm³/mol. The predicted octanol–water partition coefficient (Wildman–Crippen LogP) is 4.43. The van der Waals surface area contributed by atoms with E-state index in [1.165, 1.54) is 11.3 Å². The van der Waals surface area contributed by atoms with E-state index in [2.05, 4.69) is 26.6 Å². The topological polar surface area (TPSA) is 73.8 Å². The summed E-state index contributed by atoms with van der Waals surface area (Å²) in [4.78, 5) is 4.33. The van der Waals surface area contributed by atoms with E-state index in [0.717, 1.165) is 33.0 Å². The monoisotopic (exact) mass is 348 g/mol. The van der Waals surface area contributed by atoms with E-state index in [4.69, 9.17) is 5.11 Å². The number of anilines is 2. The molecule has 0 aliphatic rings. The van der Waals surface area contributed by atoms with Gasteiger partial charge >= 0.3 is 0 Å². The number of aliphatic hydroxyl groups is 1. The number of hydrogen-bond donors (Lipinski definition) is 3. The van der Waals surface area contributed by atoms with Gasteiger partial charge in [-0.3, -0.25) is 5.10 Å². The number of rotatable bonds is 5. The van der Waals surface area contributed by atoms with Crippen LogP contribution in [0.1, 0.15) is 17.0 Å². The molecule has 3 N–H and O–H groups in total. The lowest BCUT2D eigenvalue weighted by Crippen LogP contribution is -1.93. The SMILES string of the molecule is OCc1csc(Nc2ccccc2/C=C/c2n[nH]c3ccccc23)n1. The number of aromatic nitrogens is 3. The number of hydrogen-bond acceptors (Lipinski definition) is 5. The number of fused-ring (bicyclic) bond motifs is 1. The number of aromatic amines is 1. The minimum Gasteiger partial charge on any atom is -0.390 e. The molecule has 0 spiro atoms. The quantitative estimate of drug-likeness (QED) is 0.499. The maximum Gasteiger partial charge on any atom is 0.187 e. The first-order valence-corrected chi connectivity index (χ1v) is 8.74. The van der Waals surface area contributed by atoms with E-state index in [0.29, 0.717) is 5.69 Å². The molecule has 25 heavy (non-hydrogen) atoms. The van der Waals surface area contributed by atoms with Crippen LogP contribution in [0, 0.1) is 0 Å². The third kappa shape index (κ3) is 3.31. The zero-order valence-corrected chi connectivity index (χ0v) is 14.1. The van der Waals surface area contributed by atoms with Gasteiger partial charge in [-0.05, 0) is 23.8 Å². The van der Waals surface area contributed by atoms with Crippen molar-refractivity contribution < 1.29 is 5.11 Å². The van der Waals surface area contributed by atoms with Crippen molar-refractivity contribution in [2.24, 2.45) is 0 Å². The van der Waals surface area contributed by atoms with Crippen LogP contribution in [-0.2, 0) is 6.61 Å². The highest BCUT2D eigenvalue weighted by Gasteiger charge is 2.05. The van der Waals surface area contributed by atoms with Crippen LogP contribution < -0.4 is 5.32 Å². The molecule has 2 aromatic carbocycles. The van der Waals surface area contributed by atoms with Gasteiger partial charge in [0.2, 0.25) is 0 Å². The highest BCUT2D eigenvalue weighted by molar-refractivity contribution is 7.13. The van der Waals surface area contributed by atoms with E-state index in [-0.39, 0.29) is 6.61 Å². The van der Waals surface area contributed by atoms with Gasteiger partial charge in [-0.25, -0.2) is 4.98 Å². The lowest BCUT2D eigenvalue weighted by Gasteiger charge is -2.06. The molecule has 0 aliphatic heterocycles. The summed E-state index contributed by atoms with van der Waals surface area (Å²) in [5.41, 5.74) is 4.59. The van der Waals surface area contributed by atoms with E-state index in [9.17, 15) is 0 Å². The Morgan fingerprint density at radius 2 is 1.92 bits per heavy atom. The van der Waals surface area contributed by atoms with Crippen molar-refractivity contribution in [1.82, 2.24) is 15.2 Å². The molecular weight excluding hydrogens is 332 g/mol. The minimum atomic E-state index is -0.0496. The Bertz CT molecular complexity index is 1030. The van der Waals surface area contributed by atoms with Crippen molar-refractivity contribution in [2.45, 2.75) is 6.61 Å². The third-order valence-electron chi connectivity index (χ3n) is 3.84. The molecule has 0 fully saturated rings. The number of thiazole rings is 1. The summed E-state index contributed by atoms with van der Waals surface area (Å²) >= 11 is 1.47. The summed E-state index contributed by atoms with van der Waals surface area (Å²) in [5.74, 6) is 0. The molecule has 4 rings (SSSR count). The van der Waals surface area contributed by atoms with Gasteiger partial charge in [0.15, 0.2) is 5.13 Å². The fourth-order valence-electron chi connectivity index (χ4n) is 2.59. The Balaban J connectivity index is 1.62. The first-order valence-electron chi connectivity index (χ1n) is 7.86. The Morgan fingerprint density at radius 3 is 2.80 bits per heavy atom. The molecule has 0 aliphatic carbocycles. The first-order chi connectivity index (χ1) is 12.3. The first kappa shape index (κ1) is 15.6. The molecule has 0 atom stereocenters. The van der Waals surface area contributed by atoms with Gasteiger partial charge in [-0.1, -0.05) is 42.5 Å². The summed E-state index contributed by atoms with van der Waals surface area (Å²) in [6.45, 7) is -0.0496. The molecule has 4 aromatic rings. The molecule has 5 nitrogen and oxygen atoms in total. The van der Waals surface area contributed by atoms with Crippen molar-refractivity contribution in [2.75, 3.05) is 5.32 Å². The molecular formula is C19H16N4OS. The smallest absolute Gasteiger partial charge is 0.187 e. The molecule has 6 heteroatoms. The fourth-order valence-corrected chi connectivity index (χ4v) is 3.30. The number of aliphatic hydroxyl groups excluding tert-OH is 1. The highest BCUT2D eigenvalue weighted by atomic mass is 32.1. The highest BCUT2D eigenvalue weighted by Crippen LogP contribution is 2.26. The van der Waals surface area contributed by atoms with Crippen molar-refractivity contribution >= 4 is 45.2 Å². The average molecular weight is 348 g/mol. The summed E-state index contributed by atoms with van der Waals surface area (Å²) in [6.07, 6.45) is 4.03. The Hall–Kier alpha value is -2.96. The van der Waals surface area contributed by atoms with Crippen LogP contribution in [0.25, 0.3) is 23.1 Å². The maximum atomic E-state index is 9.14. The summed E-state index contributed by atoms with van der Waals surface area (Å²) in [7, 11) is 0. The zero-order chi connectivity index (χ0) is 17.1. The maximum absolute atomic E-state index is 9.14. The van der Waals surface area contributed by atoms with Crippen molar-refractivity contribution in [1.29, 1.82) is 0 Å². The fraction of sp³-hybridized carbons (Fsp3) is 0.0526. The molecule has 2 aromatic heterocycles. The van der Waals surface area contributed by atoms with Gasteiger partial charge in [0.25, 0.3) is 0 Å². The second-order valence-corrected chi connectivity index (χ2v) is 6.36. The van der Waals surface area contributed by atoms with Gasteiger partial charge in [-0.2, -0.15) is 5.10 Å². The van der Waals surface area contributed by atoms with E-state index < -0.39 is 0 Å². The van der Waals surface area contributed by atoms with Crippen LogP contribution in [-0.4, -0.2) is 20.3 Å². The van der Waals surface area contributed by atoms with Gasteiger partial charge in [0.1, 0.15) is 0 Å². The van der Waals surface area contributed by atoms with Crippen LogP contribution >= 0.6 is 11.3 Å². The summed E-state index contributed by atoms with van der Waals surface area (Å²) in [6, 6.07) is 16.1. The Morgan fingerprint density at radius 1 is 1.08 bits per heavy atom. The third-order valence-corrected chi connectivity index (χ3v) is 4.64. The van der Waals surface area contributed by atoms with Crippen molar-refractivity contribution in [3.63, 3.8) is 0 Å². The number of H-pyrrole nitrogens is 1. The van der Waals surface area contributed by atoms with Crippen molar-refractivity contribution in [3.05, 3.63) is 70.9 Å². The van der Waals surface area contributed by atoms with Crippen molar-refractivity contribution in [3.8, 4) is 0 Å². The molecule has 124 valence electrons. The lowest BCUT2D eigenvalue weighted by atomic mass is 10.1. The lowest BCUT2D eigenvalue weighted by molar-refractivity contribution is 0.278. The molecule has 0 saturated heterocycles. The number of nitrogens with one attached hydrogen (secondary N) is 2. The molecule has 0 bridgehead atoms.